The highest BCUT2D eigenvalue weighted by Crippen LogP contribution is 2.44. The number of hydrogen-bond donors (Lipinski definition) is 1. The first-order valence-electron chi connectivity index (χ1n) is 14.8. The van der Waals surface area contributed by atoms with Gasteiger partial charge >= 0.3 is 0 Å². The summed E-state index contributed by atoms with van der Waals surface area (Å²) in [4.78, 5) is 29.0. The molecule has 0 saturated carbocycles. The van der Waals surface area contributed by atoms with Crippen LogP contribution >= 0.6 is 0 Å². The molecule has 1 aliphatic rings. The van der Waals surface area contributed by atoms with E-state index in [1.54, 1.807) is 18.5 Å². The summed E-state index contributed by atoms with van der Waals surface area (Å²) in [5.74, 6) is 0.0998. The molecule has 218 valence electrons. The van der Waals surface area contributed by atoms with Crippen molar-refractivity contribution in [1.82, 2.24) is 24.4 Å². The second-order valence-electron chi connectivity index (χ2n) is 11.0. The number of carbonyl (C=O) groups is 1. The fourth-order valence-corrected chi connectivity index (χ4v) is 6.36. The van der Waals surface area contributed by atoms with E-state index in [4.69, 9.17) is 4.74 Å². The molecule has 1 aliphatic heterocycles. The Hall–Kier alpha value is -5.18. The van der Waals surface area contributed by atoms with Crippen LogP contribution in [0, 0.1) is 0 Å². The van der Waals surface area contributed by atoms with Crippen LogP contribution < -0.4 is 5.32 Å². The van der Waals surface area contributed by atoms with Crippen LogP contribution in [0.2, 0.25) is 0 Å². The minimum Gasteiger partial charge on any atom is -0.352 e. The highest BCUT2D eigenvalue weighted by molar-refractivity contribution is 6.06. The molecule has 1 fully saturated rings. The van der Waals surface area contributed by atoms with Crippen molar-refractivity contribution in [2.75, 3.05) is 18.4 Å². The van der Waals surface area contributed by atoms with Crippen molar-refractivity contribution in [2.24, 2.45) is 0 Å². The second kappa shape index (κ2) is 11.8. The Balaban J connectivity index is 1.31. The number of morpholine rings is 1. The van der Waals surface area contributed by atoms with Gasteiger partial charge in [-0.05, 0) is 35.7 Å². The molecule has 4 aromatic carbocycles. The van der Waals surface area contributed by atoms with Gasteiger partial charge in [0.2, 0.25) is 0 Å². The van der Waals surface area contributed by atoms with Crippen LogP contribution in [0.25, 0.3) is 11.2 Å². The standard InChI is InChI=1S/C36H32N6O2/c1-26-22-41(36(28-16-8-3-9-17-28,29-18-10-4-11-19-29)30-20-12-5-13-21-30)23-31(44-26)42-25-39-32-33(37-24-38-34(32)42)40-35(43)27-14-6-2-7-15-27/h2-21,24-26,31H,22-23H2,1H3,(H,37,38,40,43)/t26-,31+/m0/s1. The molecule has 2 atom stereocenters. The number of aromatic nitrogens is 4. The largest absolute Gasteiger partial charge is 0.352 e. The van der Waals surface area contributed by atoms with Gasteiger partial charge in [-0.1, -0.05) is 109 Å². The van der Waals surface area contributed by atoms with Crippen LogP contribution in [0.1, 0.15) is 40.2 Å². The predicted octanol–water partition coefficient (Wildman–Crippen LogP) is 6.29. The molecule has 0 aliphatic carbocycles. The van der Waals surface area contributed by atoms with E-state index in [-0.39, 0.29) is 12.0 Å². The summed E-state index contributed by atoms with van der Waals surface area (Å²) in [6.07, 6.45) is 2.69. The van der Waals surface area contributed by atoms with Crippen molar-refractivity contribution in [3.05, 3.63) is 156 Å². The summed E-state index contributed by atoms with van der Waals surface area (Å²) >= 11 is 0. The number of hydrogen-bond acceptors (Lipinski definition) is 6. The average Bonchev–Trinajstić information content (AvgIpc) is 3.52. The SMILES string of the molecule is C[C@H]1CN(C(c2ccccc2)(c2ccccc2)c2ccccc2)C[C@H](n2cnc3c(NC(=O)c4ccccc4)ncnc32)O1. The summed E-state index contributed by atoms with van der Waals surface area (Å²) in [5.41, 5.74) is 4.58. The molecule has 6 aromatic rings. The van der Waals surface area contributed by atoms with Crippen molar-refractivity contribution < 1.29 is 9.53 Å². The number of rotatable bonds is 7. The van der Waals surface area contributed by atoms with Crippen LogP contribution in [0.4, 0.5) is 5.82 Å². The van der Waals surface area contributed by atoms with Gasteiger partial charge < -0.3 is 10.1 Å². The Labute approximate surface area is 256 Å². The molecule has 2 aromatic heterocycles. The minimum absolute atomic E-state index is 0.0965. The zero-order chi connectivity index (χ0) is 29.9. The Kier molecular flexibility index (Phi) is 7.43. The van der Waals surface area contributed by atoms with Gasteiger partial charge in [0.05, 0.1) is 18.0 Å². The van der Waals surface area contributed by atoms with E-state index >= 15 is 0 Å². The lowest BCUT2D eigenvalue weighted by atomic mass is 9.75. The zero-order valence-corrected chi connectivity index (χ0v) is 24.3. The average molecular weight is 581 g/mol. The summed E-state index contributed by atoms with van der Waals surface area (Å²) < 4.78 is 8.54. The van der Waals surface area contributed by atoms with Crippen LogP contribution in [-0.2, 0) is 10.3 Å². The number of nitrogens with zero attached hydrogens (tertiary/aromatic N) is 5. The normalized spacial score (nSPS) is 17.4. The van der Waals surface area contributed by atoms with Gasteiger partial charge in [-0.2, -0.15) is 0 Å². The summed E-state index contributed by atoms with van der Waals surface area (Å²) in [6, 6.07) is 41.0. The van der Waals surface area contributed by atoms with E-state index in [2.05, 4.69) is 123 Å². The maximum Gasteiger partial charge on any atom is 0.256 e. The molecule has 0 bridgehead atoms. The number of fused-ring (bicyclic) bond motifs is 1. The third kappa shape index (κ3) is 4.94. The van der Waals surface area contributed by atoms with E-state index in [1.807, 2.05) is 22.8 Å². The number of benzene rings is 4. The fourth-order valence-electron chi connectivity index (χ4n) is 6.36. The quantitative estimate of drug-likeness (QED) is 0.224. The summed E-state index contributed by atoms with van der Waals surface area (Å²) in [5, 5.41) is 2.91. The topological polar surface area (TPSA) is 85.2 Å². The monoisotopic (exact) mass is 580 g/mol. The maximum atomic E-state index is 12.9. The fraction of sp³-hybridized carbons (Fsp3) is 0.167. The number of anilines is 1. The Morgan fingerprint density at radius 2 is 1.30 bits per heavy atom. The molecule has 1 amide bonds. The van der Waals surface area contributed by atoms with Gasteiger partial charge in [0.1, 0.15) is 12.6 Å². The Morgan fingerprint density at radius 3 is 1.86 bits per heavy atom. The molecular formula is C36H32N6O2. The van der Waals surface area contributed by atoms with E-state index in [1.165, 1.54) is 23.0 Å². The van der Waals surface area contributed by atoms with Crippen molar-refractivity contribution in [1.29, 1.82) is 0 Å². The van der Waals surface area contributed by atoms with Crippen molar-refractivity contribution in [3.8, 4) is 0 Å². The highest BCUT2D eigenvalue weighted by atomic mass is 16.5. The first-order valence-corrected chi connectivity index (χ1v) is 14.8. The lowest BCUT2D eigenvalue weighted by molar-refractivity contribution is -0.128. The van der Waals surface area contributed by atoms with Gasteiger partial charge in [0.25, 0.3) is 5.91 Å². The lowest BCUT2D eigenvalue weighted by Crippen LogP contribution is -2.56. The van der Waals surface area contributed by atoms with E-state index in [9.17, 15) is 4.79 Å². The number of nitrogens with one attached hydrogen (secondary N) is 1. The molecular weight excluding hydrogens is 548 g/mol. The van der Waals surface area contributed by atoms with Gasteiger partial charge in [0.15, 0.2) is 17.0 Å². The molecule has 7 rings (SSSR count). The molecule has 0 unspecified atom stereocenters. The number of ether oxygens (including phenoxy) is 1. The number of carbonyl (C=O) groups excluding carboxylic acids is 1. The van der Waals surface area contributed by atoms with Crippen molar-refractivity contribution >= 4 is 22.9 Å². The van der Waals surface area contributed by atoms with Crippen LogP contribution in [0.15, 0.2) is 134 Å². The minimum atomic E-state index is -0.583. The smallest absolute Gasteiger partial charge is 0.256 e. The van der Waals surface area contributed by atoms with Crippen molar-refractivity contribution in [3.63, 3.8) is 0 Å². The maximum absolute atomic E-state index is 12.9. The molecule has 0 radical (unpaired) electrons. The number of amides is 1. The Morgan fingerprint density at radius 1 is 0.750 bits per heavy atom. The molecule has 44 heavy (non-hydrogen) atoms. The molecule has 1 N–H and O–H groups in total. The van der Waals surface area contributed by atoms with Gasteiger partial charge in [-0.15, -0.1) is 0 Å². The second-order valence-corrected chi connectivity index (χ2v) is 11.0. The molecule has 8 nitrogen and oxygen atoms in total. The summed E-state index contributed by atoms with van der Waals surface area (Å²) in [6.45, 7) is 3.36. The molecule has 8 heteroatoms. The molecule has 1 saturated heterocycles. The van der Waals surface area contributed by atoms with Gasteiger partial charge in [0, 0.05) is 18.7 Å². The molecule has 0 spiro atoms. The predicted molar refractivity (Wildman–Crippen MR) is 170 cm³/mol. The van der Waals surface area contributed by atoms with Crippen molar-refractivity contribution in [2.45, 2.75) is 24.8 Å². The van der Waals surface area contributed by atoms with Crippen LogP contribution in [0.3, 0.4) is 0 Å². The third-order valence-corrected chi connectivity index (χ3v) is 8.23. The zero-order valence-electron chi connectivity index (χ0n) is 24.3. The van der Waals surface area contributed by atoms with Gasteiger partial charge in [-0.25, -0.2) is 15.0 Å². The first kappa shape index (κ1) is 27.6. The Bertz CT molecular complexity index is 1770. The lowest BCUT2D eigenvalue weighted by Gasteiger charge is -2.50. The van der Waals surface area contributed by atoms with E-state index in [0.29, 0.717) is 35.6 Å². The highest BCUT2D eigenvalue weighted by Gasteiger charge is 2.45. The van der Waals surface area contributed by atoms with E-state index < -0.39 is 11.8 Å². The summed E-state index contributed by atoms with van der Waals surface area (Å²) in [7, 11) is 0. The molecule has 3 heterocycles. The van der Waals surface area contributed by atoms with Crippen LogP contribution in [-0.4, -0.2) is 49.5 Å². The first-order chi connectivity index (χ1) is 21.6. The number of imidazole rings is 1. The van der Waals surface area contributed by atoms with Gasteiger partial charge in [-0.3, -0.25) is 14.3 Å². The van der Waals surface area contributed by atoms with Crippen LogP contribution in [0.5, 0.6) is 0 Å². The van der Waals surface area contributed by atoms with E-state index in [0.717, 1.165) is 0 Å². The third-order valence-electron chi connectivity index (χ3n) is 8.23.